The van der Waals surface area contributed by atoms with Gasteiger partial charge in [-0.2, -0.15) is 0 Å². The average molecular weight is 123 g/mol. The second-order valence-corrected chi connectivity index (χ2v) is 3.37. The molecule has 51 valence electrons. The van der Waals surface area contributed by atoms with Crippen molar-refractivity contribution >= 4 is 0 Å². The predicted molar refractivity (Wildman–Crippen MR) is 41.1 cm³/mol. The quantitative estimate of drug-likeness (QED) is 0.470. The van der Waals surface area contributed by atoms with Crippen LogP contribution in [0.4, 0.5) is 0 Å². The molecular formula is C9H15. The minimum absolute atomic E-state index is 0.884. The number of rotatable bonds is 1. The van der Waals surface area contributed by atoms with E-state index >= 15 is 0 Å². The van der Waals surface area contributed by atoms with Crippen molar-refractivity contribution < 1.29 is 0 Å². The molecule has 0 aliphatic heterocycles. The zero-order chi connectivity index (χ0) is 6.85. The summed E-state index contributed by atoms with van der Waals surface area (Å²) in [5.74, 6) is 2.55. The van der Waals surface area contributed by atoms with E-state index in [1.807, 2.05) is 0 Å². The van der Waals surface area contributed by atoms with Gasteiger partial charge in [0.1, 0.15) is 0 Å². The molecular weight excluding hydrogens is 108 g/mol. The number of hydrogen-bond donors (Lipinski definition) is 0. The minimum Gasteiger partial charge on any atom is -0.0827 e. The van der Waals surface area contributed by atoms with Gasteiger partial charge >= 0.3 is 0 Å². The Hall–Kier alpha value is -0.260. The van der Waals surface area contributed by atoms with Gasteiger partial charge in [-0.1, -0.05) is 18.6 Å². The lowest BCUT2D eigenvalue weighted by Gasteiger charge is -2.29. The molecule has 1 radical (unpaired) electrons. The van der Waals surface area contributed by atoms with E-state index in [1.165, 1.54) is 18.4 Å². The second-order valence-electron chi connectivity index (χ2n) is 3.37. The third-order valence-corrected chi connectivity index (χ3v) is 1.79. The van der Waals surface area contributed by atoms with Crippen LogP contribution in [-0.4, -0.2) is 0 Å². The zero-order valence-electron chi connectivity index (χ0n) is 6.57. The Labute approximate surface area is 58.0 Å². The van der Waals surface area contributed by atoms with E-state index in [0.717, 1.165) is 5.92 Å². The molecule has 0 nitrogen and oxygen atoms in total. The molecule has 1 aliphatic rings. The smallest absolute Gasteiger partial charge is 0.0220 e. The molecule has 1 fully saturated rings. The highest BCUT2D eigenvalue weighted by molar-refractivity contribution is 5.10. The minimum atomic E-state index is 0.884. The van der Waals surface area contributed by atoms with E-state index in [0.29, 0.717) is 0 Å². The van der Waals surface area contributed by atoms with Crippen molar-refractivity contribution in [3.63, 3.8) is 0 Å². The maximum atomic E-state index is 2.38. The standard InChI is InChI=1S/C9H15/c1-7(2)4-9-5-8(3)6-9/h4,9H,5-6H2,1-3H3. The first-order valence-electron chi connectivity index (χ1n) is 3.65. The van der Waals surface area contributed by atoms with Gasteiger partial charge in [-0.15, -0.1) is 0 Å². The Balaban J connectivity index is 2.25. The molecule has 0 amide bonds. The van der Waals surface area contributed by atoms with Crippen molar-refractivity contribution in [3.05, 3.63) is 17.6 Å². The average Bonchev–Trinajstić information content (AvgIpc) is 1.60. The van der Waals surface area contributed by atoms with Crippen LogP contribution in [0, 0.1) is 11.8 Å². The summed E-state index contributed by atoms with van der Waals surface area (Å²) < 4.78 is 0. The summed E-state index contributed by atoms with van der Waals surface area (Å²) >= 11 is 0. The van der Waals surface area contributed by atoms with E-state index in [2.05, 4.69) is 26.8 Å². The van der Waals surface area contributed by atoms with Gasteiger partial charge in [-0.3, -0.25) is 0 Å². The maximum Gasteiger partial charge on any atom is -0.0220 e. The zero-order valence-corrected chi connectivity index (χ0v) is 6.57. The molecule has 0 atom stereocenters. The third-order valence-electron chi connectivity index (χ3n) is 1.79. The first-order valence-corrected chi connectivity index (χ1v) is 3.65. The molecule has 0 heterocycles. The van der Waals surface area contributed by atoms with E-state index in [1.54, 1.807) is 5.92 Å². The molecule has 0 bridgehead atoms. The van der Waals surface area contributed by atoms with E-state index in [9.17, 15) is 0 Å². The Morgan fingerprint density at radius 1 is 1.44 bits per heavy atom. The van der Waals surface area contributed by atoms with E-state index < -0.39 is 0 Å². The van der Waals surface area contributed by atoms with Gasteiger partial charge in [-0.25, -0.2) is 0 Å². The highest BCUT2D eigenvalue weighted by Crippen LogP contribution is 2.36. The van der Waals surface area contributed by atoms with Crippen molar-refractivity contribution in [2.45, 2.75) is 33.6 Å². The van der Waals surface area contributed by atoms with Gasteiger partial charge in [-0.05, 0) is 38.5 Å². The van der Waals surface area contributed by atoms with Crippen LogP contribution < -0.4 is 0 Å². The molecule has 1 saturated carbocycles. The van der Waals surface area contributed by atoms with Crippen LogP contribution in [0.5, 0.6) is 0 Å². The third kappa shape index (κ3) is 1.85. The predicted octanol–water partition coefficient (Wildman–Crippen LogP) is 2.96. The molecule has 0 spiro atoms. The van der Waals surface area contributed by atoms with E-state index in [-0.39, 0.29) is 0 Å². The monoisotopic (exact) mass is 123 g/mol. The summed E-state index contributed by atoms with van der Waals surface area (Å²) in [5.41, 5.74) is 1.47. The lowest BCUT2D eigenvalue weighted by atomic mass is 9.75. The SMILES string of the molecule is C[C]1CC(C=C(C)C)C1. The summed E-state index contributed by atoms with van der Waals surface area (Å²) in [4.78, 5) is 0. The summed E-state index contributed by atoms with van der Waals surface area (Å²) in [6.07, 6.45) is 5.06. The van der Waals surface area contributed by atoms with Crippen molar-refractivity contribution in [3.8, 4) is 0 Å². The maximum absolute atomic E-state index is 2.38. The van der Waals surface area contributed by atoms with Crippen LogP contribution >= 0.6 is 0 Å². The molecule has 0 unspecified atom stereocenters. The Morgan fingerprint density at radius 2 is 2.00 bits per heavy atom. The largest absolute Gasteiger partial charge is 0.0827 e. The fourth-order valence-corrected chi connectivity index (χ4v) is 1.42. The van der Waals surface area contributed by atoms with E-state index in [4.69, 9.17) is 0 Å². The van der Waals surface area contributed by atoms with Gasteiger partial charge in [0.05, 0.1) is 0 Å². The van der Waals surface area contributed by atoms with Crippen LogP contribution in [0.3, 0.4) is 0 Å². The van der Waals surface area contributed by atoms with Gasteiger partial charge in [0, 0.05) is 0 Å². The Bertz CT molecular complexity index is 112. The lowest BCUT2D eigenvalue weighted by molar-refractivity contribution is 0.433. The first-order chi connectivity index (χ1) is 4.18. The highest BCUT2D eigenvalue weighted by Gasteiger charge is 2.22. The van der Waals surface area contributed by atoms with Crippen molar-refractivity contribution in [2.24, 2.45) is 5.92 Å². The molecule has 0 N–H and O–H groups in total. The molecule has 0 heteroatoms. The van der Waals surface area contributed by atoms with Gasteiger partial charge < -0.3 is 0 Å². The van der Waals surface area contributed by atoms with Gasteiger partial charge in [0.15, 0.2) is 0 Å². The normalized spacial score (nSPS) is 21.2. The first kappa shape index (κ1) is 6.85. The Morgan fingerprint density at radius 3 is 2.33 bits per heavy atom. The molecule has 0 aromatic rings. The fourth-order valence-electron chi connectivity index (χ4n) is 1.42. The number of hydrogen-bond acceptors (Lipinski definition) is 0. The summed E-state index contributed by atoms with van der Waals surface area (Å²) in [5, 5.41) is 0. The van der Waals surface area contributed by atoms with Crippen LogP contribution in [-0.2, 0) is 0 Å². The summed E-state index contributed by atoms with van der Waals surface area (Å²) in [6.45, 7) is 6.59. The summed E-state index contributed by atoms with van der Waals surface area (Å²) in [6, 6.07) is 0. The van der Waals surface area contributed by atoms with Gasteiger partial charge in [0.25, 0.3) is 0 Å². The van der Waals surface area contributed by atoms with Crippen LogP contribution in [0.15, 0.2) is 11.6 Å². The van der Waals surface area contributed by atoms with Crippen LogP contribution in [0.2, 0.25) is 0 Å². The summed E-state index contributed by atoms with van der Waals surface area (Å²) in [7, 11) is 0. The molecule has 0 aromatic carbocycles. The molecule has 1 aliphatic carbocycles. The lowest BCUT2D eigenvalue weighted by Crippen LogP contribution is -2.16. The van der Waals surface area contributed by atoms with Crippen molar-refractivity contribution in [2.75, 3.05) is 0 Å². The van der Waals surface area contributed by atoms with Crippen molar-refractivity contribution in [1.82, 2.24) is 0 Å². The molecule has 0 aromatic heterocycles. The fraction of sp³-hybridized carbons (Fsp3) is 0.667. The molecule has 1 rings (SSSR count). The molecule has 0 saturated heterocycles. The van der Waals surface area contributed by atoms with Crippen molar-refractivity contribution in [1.29, 1.82) is 0 Å². The molecule has 9 heavy (non-hydrogen) atoms. The topological polar surface area (TPSA) is 0 Å². The second kappa shape index (κ2) is 2.55. The van der Waals surface area contributed by atoms with Crippen LogP contribution in [0.1, 0.15) is 33.6 Å². The Kier molecular flexibility index (Phi) is 1.94. The van der Waals surface area contributed by atoms with Gasteiger partial charge in [0.2, 0.25) is 0 Å². The highest BCUT2D eigenvalue weighted by atomic mass is 14.3. The van der Waals surface area contributed by atoms with Crippen LogP contribution in [0.25, 0.3) is 0 Å². The number of allylic oxidation sites excluding steroid dienone is 2.